The summed E-state index contributed by atoms with van der Waals surface area (Å²) in [6.45, 7) is 2.78. The van der Waals surface area contributed by atoms with Crippen molar-refractivity contribution in [3.8, 4) is 0 Å². The summed E-state index contributed by atoms with van der Waals surface area (Å²) in [5, 5.41) is 3.11. The molecule has 1 aromatic carbocycles. The van der Waals surface area contributed by atoms with Crippen LogP contribution >= 0.6 is 0 Å². The molecule has 1 amide bonds. The molecule has 4 bridgehead atoms. The van der Waals surface area contributed by atoms with Crippen LogP contribution in [0.15, 0.2) is 29.2 Å². The van der Waals surface area contributed by atoms with E-state index in [0.29, 0.717) is 12.1 Å². The van der Waals surface area contributed by atoms with E-state index in [1.165, 1.54) is 50.7 Å². The Labute approximate surface area is 156 Å². The molecule has 2 N–H and O–H groups in total. The molecule has 4 saturated carbocycles. The molecule has 26 heavy (non-hydrogen) atoms. The Morgan fingerprint density at radius 2 is 1.73 bits per heavy atom. The molecule has 0 radical (unpaired) electrons. The molecule has 0 saturated heterocycles. The topological polar surface area (TPSA) is 75.3 Å². The molecule has 4 fully saturated rings. The van der Waals surface area contributed by atoms with Crippen LogP contribution in [0.4, 0.5) is 0 Å². The van der Waals surface area contributed by atoms with Crippen LogP contribution < -0.4 is 10.0 Å². The van der Waals surface area contributed by atoms with Crippen LogP contribution in [0.2, 0.25) is 0 Å². The Morgan fingerprint density at radius 1 is 1.12 bits per heavy atom. The third-order valence-electron chi connectivity index (χ3n) is 6.53. The van der Waals surface area contributed by atoms with Crippen LogP contribution in [0, 0.1) is 23.2 Å². The molecule has 0 aromatic heterocycles. The molecule has 0 heterocycles. The van der Waals surface area contributed by atoms with Gasteiger partial charge < -0.3 is 5.32 Å². The molecule has 6 heteroatoms. The average Bonchev–Trinajstić information content (AvgIpc) is 2.59. The monoisotopic (exact) mass is 376 g/mol. The maximum absolute atomic E-state index is 12.6. The second kappa shape index (κ2) is 6.64. The number of amides is 1. The lowest BCUT2D eigenvalue weighted by atomic mass is 9.49. The van der Waals surface area contributed by atoms with Gasteiger partial charge in [0.1, 0.15) is 0 Å². The van der Waals surface area contributed by atoms with Crippen LogP contribution in [-0.2, 0) is 10.0 Å². The first-order valence-corrected chi connectivity index (χ1v) is 11.3. The average molecular weight is 377 g/mol. The minimum Gasteiger partial charge on any atom is -0.351 e. The number of benzene rings is 1. The fourth-order valence-corrected chi connectivity index (χ4v) is 7.04. The van der Waals surface area contributed by atoms with E-state index in [0.717, 1.165) is 24.3 Å². The Bertz CT molecular complexity index is 768. The number of rotatable bonds is 6. The van der Waals surface area contributed by atoms with Crippen molar-refractivity contribution in [2.45, 2.75) is 50.3 Å². The molecule has 0 spiro atoms. The van der Waals surface area contributed by atoms with Gasteiger partial charge in [0.05, 0.1) is 4.90 Å². The smallest absolute Gasteiger partial charge is 0.251 e. The Kier molecular flexibility index (Phi) is 4.59. The van der Waals surface area contributed by atoms with E-state index in [1.807, 2.05) is 0 Å². The van der Waals surface area contributed by atoms with Crippen molar-refractivity contribution in [1.29, 1.82) is 0 Å². The van der Waals surface area contributed by atoms with Gasteiger partial charge in [0.2, 0.25) is 10.0 Å². The second-order valence-electron chi connectivity index (χ2n) is 8.63. The van der Waals surface area contributed by atoms with Crippen LogP contribution in [0.25, 0.3) is 0 Å². The van der Waals surface area contributed by atoms with E-state index in [2.05, 4.69) is 10.0 Å². The van der Waals surface area contributed by atoms with Crippen LogP contribution in [0.1, 0.15) is 55.8 Å². The summed E-state index contributed by atoms with van der Waals surface area (Å²) >= 11 is 0. The van der Waals surface area contributed by atoms with Gasteiger partial charge in [-0.1, -0.05) is 13.0 Å². The number of carbonyl (C=O) groups excluding carboxylic acids is 1. The van der Waals surface area contributed by atoms with Crippen molar-refractivity contribution in [3.63, 3.8) is 0 Å². The lowest BCUT2D eigenvalue weighted by molar-refractivity contribution is -0.0503. The van der Waals surface area contributed by atoms with Gasteiger partial charge in [0.25, 0.3) is 5.91 Å². The van der Waals surface area contributed by atoms with Gasteiger partial charge in [-0.25, -0.2) is 13.1 Å². The first-order valence-electron chi connectivity index (χ1n) is 9.77. The zero-order valence-corrected chi connectivity index (χ0v) is 16.1. The molecule has 5 rings (SSSR count). The van der Waals surface area contributed by atoms with E-state index >= 15 is 0 Å². The molecule has 5 nitrogen and oxygen atoms in total. The fraction of sp³-hybridized carbons (Fsp3) is 0.650. The van der Waals surface area contributed by atoms with Gasteiger partial charge in [-0.2, -0.15) is 0 Å². The highest BCUT2D eigenvalue weighted by molar-refractivity contribution is 7.89. The third-order valence-corrected chi connectivity index (χ3v) is 8.07. The maximum atomic E-state index is 12.6. The zero-order valence-electron chi connectivity index (χ0n) is 15.3. The largest absolute Gasteiger partial charge is 0.351 e. The first-order chi connectivity index (χ1) is 12.4. The fourth-order valence-electron chi connectivity index (χ4n) is 5.95. The van der Waals surface area contributed by atoms with Crippen LogP contribution in [0.3, 0.4) is 0 Å². The second-order valence-corrected chi connectivity index (χ2v) is 10.4. The first kappa shape index (κ1) is 18.0. The molecular formula is C20H28N2O3S. The van der Waals surface area contributed by atoms with E-state index in [4.69, 9.17) is 0 Å². The molecular weight excluding hydrogens is 348 g/mol. The summed E-state index contributed by atoms with van der Waals surface area (Å²) in [5.74, 6) is 2.39. The van der Waals surface area contributed by atoms with E-state index in [9.17, 15) is 13.2 Å². The normalized spacial score (nSPS) is 32.6. The lowest BCUT2D eigenvalue weighted by Crippen LogP contribution is -2.51. The van der Waals surface area contributed by atoms with E-state index < -0.39 is 10.0 Å². The highest BCUT2D eigenvalue weighted by atomic mass is 32.2. The Hall–Kier alpha value is -1.40. The number of sulfonamides is 1. The Balaban J connectivity index is 1.44. The van der Waals surface area contributed by atoms with Gasteiger partial charge in [0, 0.05) is 18.7 Å². The van der Waals surface area contributed by atoms with Gasteiger partial charge in [-0.05, 0) is 79.9 Å². The minimum atomic E-state index is -3.55. The predicted octanol–water partition coefficient (Wildman–Crippen LogP) is 2.93. The maximum Gasteiger partial charge on any atom is 0.251 e. The van der Waals surface area contributed by atoms with Gasteiger partial charge >= 0.3 is 0 Å². The SMILES string of the molecule is CCNS(=O)(=O)c1cccc(C(=O)NCC23CC4CC(CC(C4)C2)C3)c1. The highest BCUT2D eigenvalue weighted by Crippen LogP contribution is 2.59. The molecule has 142 valence electrons. The summed E-state index contributed by atoms with van der Waals surface area (Å²) in [4.78, 5) is 12.8. The molecule has 0 aliphatic heterocycles. The van der Waals surface area contributed by atoms with Crippen molar-refractivity contribution < 1.29 is 13.2 Å². The number of nitrogens with one attached hydrogen (secondary N) is 2. The number of hydrogen-bond donors (Lipinski definition) is 2. The summed E-state index contributed by atoms with van der Waals surface area (Å²) in [5.41, 5.74) is 0.686. The van der Waals surface area contributed by atoms with Gasteiger partial charge in [-0.3, -0.25) is 4.79 Å². The quantitative estimate of drug-likeness (QED) is 0.801. The molecule has 4 aliphatic carbocycles. The zero-order chi connectivity index (χ0) is 18.4. The molecule has 1 aromatic rings. The lowest BCUT2D eigenvalue weighted by Gasteiger charge is -2.56. The predicted molar refractivity (Wildman–Crippen MR) is 100 cm³/mol. The van der Waals surface area contributed by atoms with Crippen LogP contribution in [-0.4, -0.2) is 27.4 Å². The van der Waals surface area contributed by atoms with Crippen LogP contribution in [0.5, 0.6) is 0 Å². The third kappa shape index (κ3) is 3.41. The number of carbonyl (C=O) groups is 1. The van der Waals surface area contributed by atoms with Crippen molar-refractivity contribution in [2.24, 2.45) is 23.2 Å². The molecule has 0 unspecified atom stereocenters. The van der Waals surface area contributed by atoms with Crippen molar-refractivity contribution in [2.75, 3.05) is 13.1 Å². The van der Waals surface area contributed by atoms with Crippen molar-refractivity contribution in [3.05, 3.63) is 29.8 Å². The van der Waals surface area contributed by atoms with E-state index in [-0.39, 0.29) is 16.2 Å². The summed E-state index contributed by atoms with van der Waals surface area (Å²) in [6.07, 6.45) is 7.89. The van der Waals surface area contributed by atoms with E-state index in [1.54, 1.807) is 19.1 Å². The van der Waals surface area contributed by atoms with Gasteiger partial charge in [0.15, 0.2) is 0 Å². The summed E-state index contributed by atoms with van der Waals surface area (Å²) in [7, 11) is -3.55. The summed E-state index contributed by atoms with van der Waals surface area (Å²) in [6, 6.07) is 6.30. The van der Waals surface area contributed by atoms with Crippen molar-refractivity contribution >= 4 is 15.9 Å². The summed E-state index contributed by atoms with van der Waals surface area (Å²) < 4.78 is 26.8. The highest BCUT2D eigenvalue weighted by Gasteiger charge is 2.50. The minimum absolute atomic E-state index is 0.141. The standard InChI is InChI=1S/C20H28N2O3S/c1-2-22-26(24,25)18-5-3-4-17(9-18)19(23)21-13-20-10-14-6-15(11-20)8-16(7-14)12-20/h3-5,9,14-16,22H,2,6-8,10-13H2,1H3,(H,21,23). The van der Waals surface area contributed by atoms with Crippen molar-refractivity contribution in [1.82, 2.24) is 10.0 Å². The number of hydrogen-bond acceptors (Lipinski definition) is 3. The van der Waals surface area contributed by atoms with Gasteiger partial charge in [-0.15, -0.1) is 0 Å². The Morgan fingerprint density at radius 3 is 2.31 bits per heavy atom. The molecule has 4 aliphatic rings. The molecule has 0 atom stereocenters.